The van der Waals surface area contributed by atoms with E-state index in [0.29, 0.717) is 29.6 Å². The van der Waals surface area contributed by atoms with E-state index in [1.807, 2.05) is 0 Å². The molecule has 150 valence electrons. The van der Waals surface area contributed by atoms with E-state index in [1.54, 1.807) is 24.3 Å². The fourth-order valence-electron chi connectivity index (χ4n) is 2.64. The molecule has 1 heterocycles. The second-order valence-electron chi connectivity index (χ2n) is 6.03. The molecule has 0 radical (unpaired) electrons. The van der Waals surface area contributed by atoms with Crippen LogP contribution < -0.4 is 21.5 Å². The molecule has 3 aromatic rings. The van der Waals surface area contributed by atoms with Crippen molar-refractivity contribution in [2.75, 3.05) is 23.7 Å². The molecule has 0 atom stereocenters. The number of hydrogen-bond acceptors (Lipinski definition) is 6. The Hall–Kier alpha value is -4.02. The summed E-state index contributed by atoms with van der Waals surface area (Å²) in [4.78, 5) is 33.7. The maximum absolute atomic E-state index is 13.7. The molecule has 1 aromatic heterocycles. The van der Waals surface area contributed by atoms with Crippen LogP contribution in [0.1, 0.15) is 6.42 Å². The Bertz CT molecular complexity index is 1120. The Morgan fingerprint density at radius 3 is 2.69 bits per heavy atom. The number of H-pyrrole nitrogens is 1. The molecule has 0 aliphatic rings. The lowest BCUT2D eigenvalue weighted by molar-refractivity contribution is -0.384. The smallest absolute Gasteiger partial charge is 0.319 e. The summed E-state index contributed by atoms with van der Waals surface area (Å²) in [6, 6.07) is 9.22. The van der Waals surface area contributed by atoms with E-state index in [4.69, 9.17) is 0 Å². The summed E-state index contributed by atoms with van der Waals surface area (Å²) in [5, 5.41) is 26.2. The summed E-state index contributed by atoms with van der Waals surface area (Å²) in [5.74, 6) is -0.258. The van der Waals surface area contributed by atoms with Crippen LogP contribution >= 0.6 is 0 Å². The van der Waals surface area contributed by atoms with Gasteiger partial charge in [0, 0.05) is 30.6 Å². The van der Waals surface area contributed by atoms with Gasteiger partial charge in [0.2, 0.25) is 0 Å². The van der Waals surface area contributed by atoms with Crippen LogP contribution in [0.5, 0.6) is 0 Å². The van der Waals surface area contributed by atoms with Crippen LogP contribution in [0.2, 0.25) is 0 Å². The van der Waals surface area contributed by atoms with Gasteiger partial charge in [-0.1, -0.05) is 18.2 Å². The molecule has 0 unspecified atom stereocenters. The van der Waals surface area contributed by atoms with Crippen LogP contribution in [0, 0.1) is 15.9 Å². The maximum atomic E-state index is 13.7. The molecule has 2 aromatic carbocycles. The van der Waals surface area contributed by atoms with Crippen LogP contribution in [-0.4, -0.2) is 34.2 Å². The number of carbonyl (C=O) groups is 1. The van der Waals surface area contributed by atoms with Crippen molar-refractivity contribution in [3.63, 3.8) is 0 Å². The number of amides is 2. The lowest BCUT2D eigenvalue weighted by Gasteiger charge is -2.10. The predicted octanol–water partition coefficient (Wildman–Crippen LogP) is 2.59. The topological polar surface area (TPSA) is 142 Å². The minimum Gasteiger partial charge on any atom is -0.368 e. The van der Waals surface area contributed by atoms with Gasteiger partial charge in [-0.05, 0) is 18.6 Å². The van der Waals surface area contributed by atoms with E-state index >= 15 is 0 Å². The predicted molar refractivity (Wildman–Crippen MR) is 106 cm³/mol. The third-order valence-corrected chi connectivity index (χ3v) is 4.04. The average Bonchev–Trinajstić information content (AvgIpc) is 2.71. The molecule has 11 heteroatoms. The van der Waals surface area contributed by atoms with E-state index < -0.39 is 16.8 Å². The second-order valence-corrected chi connectivity index (χ2v) is 6.03. The molecular weight excluding hydrogens is 383 g/mol. The molecule has 0 spiro atoms. The van der Waals surface area contributed by atoms with Crippen molar-refractivity contribution < 1.29 is 14.1 Å². The van der Waals surface area contributed by atoms with Gasteiger partial charge < -0.3 is 16.0 Å². The van der Waals surface area contributed by atoms with Crippen LogP contribution in [0.15, 0.2) is 47.3 Å². The Labute approximate surface area is 163 Å². The first-order chi connectivity index (χ1) is 14.0. The number of fused-ring (bicyclic) bond motifs is 1. The standard InChI is InChI=1S/C18H17FN6O4/c19-14-7-6-11(25(28)29)10-15(14)22-18(27)21-9-3-8-20-16-12-4-1-2-5-13(12)17(26)24-23-16/h1-2,4-7,10H,3,8-9H2,(H,20,23)(H,24,26)(H2,21,22,27). The van der Waals surface area contributed by atoms with Crippen molar-refractivity contribution in [2.24, 2.45) is 0 Å². The number of aromatic amines is 1. The highest BCUT2D eigenvalue weighted by molar-refractivity contribution is 5.91. The highest BCUT2D eigenvalue weighted by Gasteiger charge is 2.13. The fraction of sp³-hybridized carbons (Fsp3) is 0.167. The van der Waals surface area contributed by atoms with Crippen molar-refractivity contribution in [3.8, 4) is 0 Å². The Morgan fingerprint density at radius 1 is 1.17 bits per heavy atom. The lowest BCUT2D eigenvalue weighted by Crippen LogP contribution is -2.30. The molecule has 3 rings (SSSR count). The lowest BCUT2D eigenvalue weighted by atomic mass is 10.2. The average molecular weight is 400 g/mol. The molecule has 4 N–H and O–H groups in total. The van der Waals surface area contributed by atoms with Gasteiger partial charge in [0.05, 0.1) is 16.0 Å². The number of anilines is 2. The molecule has 0 saturated carbocycles. The van der Waals surface area contributed by atoms with Crippen molar-refractivity contribution in [1.29, 1.82) is 0 Å². The molecule has 29 heavy (non-hydrogen) atoms. The minimum atomic E-state index is -0.775. The number of aromatic nitrogens is 2. The van der Waals surface area contributed by atoms with Gasteiger partial charge >= 0.3 is 6.03 Å². The summed E-state index contributed by atoms with van der Waals surface area (Å²) < 4.78 is 13.7. The number of benzene rings is 2. The fourth-order valence-corrected chi connectivity index (χ4v) is 2.64. The van der Waals surface area contributed by atoms with Gasteiger partial charge in [-0.3, -0.25) is 14.9 Å². The monoisotopic (exact) mass is 400 g/mol. The third kappa shape index (κ3) is 4.83. The van der Waals surface area contributed by atoms with E-state index in [1.165, 1.54) is 0 Å². The molecular formula is C18H17FN6O4. The zero-order chi connectivity index (χ0) is 20.8. The van der Waals surface area contributed by atoms with Crippen molar-refractivity contribution in [2.45, 2.75) is 6.42 Å². The van der Waals surface area contributed by atoms with Crippen molar-refractivity contribution >= 4 is 34.0 Å². The summed E-state index contributed by atoms with van der Waals surface area (Å²) in [5.41, 5.74) is -0.886. The van der Waals surface area contributed by atoms with Gasteiger partial charge in [-0.2, -0.15) is 5.10 Å². The number of nitrogens with one attached hydrogen (secondary N) is 4. The molecule has 10 nitrogen and oxygen atoms in total. The molecule has 0 fully saturated rings. The number of nitro groups is 1. The third-order valence-electron chi connectivity index (χ3n) is 4.04. The number of non-ortho nitro benzene ring substituents is 1. The highest BCUT2D eigenvalue weighted by atomic mass is 19.1. The van der Waals surface area contributed by atoms with Gasteiger partial charge in [0.1, 0.15) is 5.82 Å². The quantitative estimate of drug-likeness (QED) is 0.273. The van der Waals surface area contributed by atoms with Crippen LogP contribution in [0.3, 0.4) is 0 Å². The van der Waals surface area contributed by atoms with Crippen LogP contribution in [-0.2, 0) is 0 Å². The number of carbonyl (C=O) groups excluding carboxylic acids is 1. The largest absolute Gasteiger partial charge is 0.368 e. The molecule has 0 saturated heterocycles. The van der Waals surface area contributed by atoms with Gasteiger partial charge in [0.15, 0.2) is 5.82 Å². The summed E-state index contributed by atoms with van der Waals surface area (Å²) >= 11 is 0. The number of halogens is 1. The van der Waals surface area contributed by atoms with E-state index in [9.17, 15) is 24.1 Å². The van der Waals surface area contributed by atoms with Crippen LogP contribution in [0.25, 0.3) is 10.8 Å². The summed E-state index contributed by atoms with van der Waals surface area (Å²) in [7, 11) is 0. The second kappa shape index (κ2) is 8.78. The molecule has 0 bridgehead atoms. The summed E-state index contributed by atoms with van der Waals surface area (Å²) in [6.45, 7) is 0.713. The first-order valence-corrected chi connectivity index (χ1v) is 8.66. The Balaban J connectivity index is 1.49. The van der Waals surface area contributed by atoms with Crippen molar-refractivity contribution in [3.05, 3.63) is 68.7 Å². The minimum absolute atomic E-state index is 0.261. The normalized spacial score (nSPS) is 10.5. The highest BCUT2D eigenvalue weighted by Crippen LogP contribution is 2.21. The van der Waals surface area contributed by atoms with Crippen molar-refractivity contribution in [1.82, 2.24) is 15.5 Å². The SMILES string of the molecule is O=C(NCCCNc1n[nH]c(=O)c2ccccc12)Nc1cc([N+](=O)[O-])ccc1F. The zero-order valence-electron chi connectivity index (χ0n) is 15.1. The first kappa shape index (κ1) is 19.7. The van der Waals surface area contributed by atoms with E-state index in [0.717, 1.165) is 18.2 Å². The number of urea groups is 1. The number of nitro benzene ring substituents is 1. The Kier molecular flexibility index (Phi) is 5.97. The van der Waals surface area contributed by atoms with E-state index in [2.05, 4.69) is 26.1 Å². The Morgan fingerprint density at radius 2 is 1.93 bits per heavy atom. The first-order valence-electron chi connectivity index (χ1n) is 8.66. The maximum Gasteiger partial charge on any atom is 0.319 e. The van der Waals surface area contributed by atoms with Gasteiger partial charge in [0.25, 0.3) is 11.2 Å². The molecule has 2 amide bonds. The van der Waals surface area contributed by atoms with Gasteiger partial charge in [-0.15, -0.1) is 0 Å². The van der Waals surface area contributed by atoms with Crippen LogP contribution in [0.4, 0.5) is 26.4 Å². The van der Waals surface area contributed by atoms with E-state index in [-0.39, 0.29) is 23.5 Å². The molecule has 0 aliphatic carbocycles. The number of rotatable bonds is 7. The zero-order valence-corrected chi connectivity index (χ0v) is 15.1. The number of hydrogen-bond donors (Lipinski definition) is 4. The summed E-state index contributed by atoms with van der Waals surface area (Å²) in [6.07, 6.45) is 0.514. The van der Waals surface area contributed by atoms with Gasteiger partial charge in [-0.25, -0.2) is 14.3 Å². The molecule has 0 aliphatic heterocycles. The number of nitrogens with zero attached hydrogens (tertiary/aromatic N) is 2.